The number of carbonyl (C=O) groups excluding carboxylic acids is 1. The van der Waals surface area contributed by atoms with E-state index in [0.29, 0.717) is 36.9 Å². The molecule has 7 nitrogen and oxygen atoms in total. The molecule has 1 aliphatic rings. The zero-order valence-electron chi connectivity index (χ0n) is 21.1. The van der Waals surface area contributed by atoms with Gasteiger partial charge >= 0.3 is 0 Å². The fourth-order valence-corrected chi connectivity index (χ4v) is 5.34. The van der Waals surface area contributed by atoms with Crippen LogP contribution in [0, 0.1) is 6.92 Å². The first-order chi connectivity index (χ1) is 18.1. The minimum absolute atomic E-state index is 0.0143. The summed E-state index contributed by atoms with van der Waals surface area (Å²) in [6.45, 7) is 3.76. The molecule has 0 spiro atoms. The van der Waals surface area contributed by atoms with E-state index in [4.69, 9.17) is 9.47 Å². The molecule has 0 atom stereocenters. The fraction of sp³-hybridized carbons (Fsp3) is 0.267. The number of aromatic amines is 1. The lowest BCUT2D eigenvalue weighted by Gasteiger charge is -2.32. The van der Waals surface area contributed by atoms with E-state index in [-0.39, 0.29) is 5.91 Å². The van der Waals surface area contributed by atoms with Crippen molar-refractivity contribution < 1.29 is 14.3 Å². The van der Waals surface area contributed by atoms with Gasteiger partial charge in [0.25, 0.3) is 5.91 Å². The topological polar surface area (TPSA) is 71.9 Å². The second-order valence-corrected chi connectivity index (χ2v) is 9.66. The molecule has 4 heterocycles. The number of rotatable bonds is 6. The smallest absolute Gasteiger partial charge is 0.257 e. The first-order valence-corrected chi connectivity index (χ1v) is 12.7. The SMILES string of the molecule is COc1ccc2[nH]cc(C3CCN(C(=O)c4ccccc4OCc4cn5cccc(C)c5n4)CC3)c2c1. The molecule has 1 fully saturated rings. The molecule has 7 heteroatoms. The van der Waals surface area contributed by atoms with Gasteiger partial charge in [-0.1, -0.05) is 18.2 Å². The molecule has 6 rings (SSSR count). The number of nitrogens with zero attached hydrogens (tertiary/aromatic N) is 3. The number of carbonyl (C=O) groups is 1. The van der Waals surface area contributed by atoms with Crippen LogP contribution in [0.2, 0.25) is 0 Å². The van der Waals surface area contributed by atoms with Crippen LogP contribution in [-0.4, -0.2) is 45.4 Å². The van der Waals surface area contributed by atoms with Crippen molar-refractivity contribution >= 4 is 22.5 Å². The van der Waals surface area contributed by atoms with Crippen molar-refractivity contribution in [2.45, 2.75) is 32.3 Å². The van der Waals surface area contributed by atoms with Crippen LogP contribution in [0.3, 0.4) is 0 Å². The molecule has 1 aliphatic heterocycles. The van der Waals surface area contributed by atoms with Crippen LogP contribution in [-0.2, 0) is 6.61 Å². The standard InChI is InChI=1S/C30H30N4O3/c1-20-6-5-13-34-18-22(32-29(20)34)19-37-28-8-4-3-7-24(28)30(35)33-14-11-21(12-15-33)26-17-31-27-10-9-23(36-2)16-25(26)27/h3-10,13,16-18,21,31H,11-12,14-15,19H2,1-2H3. The number of pyridine rings is 1. The highest BCUT2D eigenvalue weighted by molar-refractivity contribution is 5.97. The first-order valence-electron chi connectivity index (χ1n) is 12.7. The van der Waals surface area contributed by atoms with Gasteiger partial charge in [0, 0.05) is 42.6 Å². The van der Waals surface area contributed by atoms with Gasteiger partial charge in [0.15, 0.2) is 0 Å². The summed E-state index contributed by atoms with van der Waals surface area (Å²) < 4.78 is 13.5. The summed E-state index contributed by atoms with van der Waals surface area (Å²) >= 11 is 0. The highest BCUT2D eigenvalue weighted by atomic mass is 16.5. The lowest BCUT2D eigenvalue weighted by molar-refractivity contribution is 0.0708. The van der Waals surface area contributed by atoms with Crippen molar-refractivity contribution in [1.29, 1.82) is 0 Å². The Morgan fingerprint density at radius 3 is 2.76 bits per heavy atom. The van der Waals surface area contributed by atoms with Gasteiger partial charge in [-0.05, 0) is 73.2 Å². The van der Waals surface area contributed by atoms with Gasteiger partial charge in [-0.2, -0.15) is 0 Å². The number of likely N-dealkylation sites (tertiary alicyclic amines) is 1. The molecule has 3 aromatic heterocycles. The van der Waals surface area contributed by atoms with E-state index in [1.807, 2.05) is 71.1 Å². The van der Waals surface area contributed by atoms with Gasteiger partial charge in [-0.15, -0.1) is 0 Å². The Morgan fingerprint density at radius 1 is 1.11 bits per heavy atom. The normalized spacial score (nSPS) is 14.4. The Balaban J connectivity index is 1.14. The number of piperidine rings is 1. The highest BCUT2D eigenvalue weighted by Gasteiger charge is 2.27. The minimum Gasteiger partial charge on any atom is -0.497 e. The predicted molar refractivity (Wildman–Crippen MR) is 143 cm³/mol. The van der Waals surface area contributed by atoms with E-state index in [9.17, 15) is 4.79 Å². The number of imidazole rings is 1. The molecular weight excluding hydrogens is 464 g/mol. The van der Waals surface area contributed by atoms with E-state index in [1.165, 1.54) is 10.9 Å². The molecule has 2 aromatic carbocycles. The van der Waals surface area contributed by atoms with Crippen LogP contribution < -0.4 is 9.47 Å². The Kier molecular flexibility index (Phi) is 6.04. The Morgan fingerprint density at radius 2 is 1.95 bits per heavy atom. The zero-order valence-corrected chi connectivity index (χ0v) is 21.1. The number of ether oxygens (including phenoxy) is 2. The number of aromatic nitrogens is 3. The van der Waals surface area contributed by atoms with Crippen LogP contribution in [0.5, 0.6) is 11.5 Å². The second kappa shape index (κ2) is 9.65. The number of nitrogens with one attached hydrogen (secondary N) is 1. The number of benzene rings is 2. The fourth-order valence-electron chi connectivity index (χ4n) is 5.34. The summed E-state index contributed by atoms with van der Waals surface area (Å²) in [7, 11) is 1.69. The number of amides is 1. The van der Waals surface area contributed by atoms with E-state index >= 15 is 0 Å². The number of hydrogen-bond donors (Lipinski definition) is 1. The van der Waals surface area contributed by atoms with Crippen molar-refractivity contribution in [2.75, 3.05) is 20.2 Å². The van der Waals surface area contributed by atoms with Crippen molar-refractivity contribution in [3.63, 3.8) is 0 Å². The second-order valence-electron chi connectivity index (χ2n) is 9.66. The number of methoxy groups -OCH3 is 1. The number of hydrogen-bond acceptors (Lipinski definition) is 4. The lowest BCUT2D eigenvalue weighted by Crippen LogP contribution is -2.38. The van der Waals surface area contributed by atoms with E-state index in [1.54, 1.807) is 7.11 Å². The van der Waals surface area contributed by atoms with Crippen LogP contribution in [0.15, 0.2) is 73.2 Å². The van der Waals surface area contributed by atoms with E-state index in [0.717, 1.165) is 41.0 Å². The molecule has 5 aromatic rings. The maximum Gasteiger partial charge on any atom is 0.257 e. The van der Waals surface area contributed by atoms with Gasteiger partial charge < -0.3 is 23.8 Å². The average Bonchev–Trinajstić information content (AvgIpc) is 3.56. The molecule has 0 bridgehead atoms. The third kappa shape index (κ3) is 4.42. The summed E-state index contributed by atoms with van der Waals surface area (Å²) in [5.74, 6) is 1.86. The number of aryl methyl sites for hydroxylation is 1. The molecule has 0 radical (unpaired) electrons. The number of fused-ring (bicyclic) bond motifs is 2. The molecule has 188 valence electrons. The summed E-state index contributed by atoms with van der Waals surface area (Å²) in [4.78, 5) is 23.5. The molecule has 0 aliphatic carbocycles. The van der Waals surface area contributed by atoms with E-state index in [2.05, 4.69) is 28.3 Å². The molecule has 0 saturated carbocycles. The van der Waals surface area contributed by atoms with Gasteiger partial charge in [0.1, 0.15) is 23.8 Å². The van der Waals surface area contributed by atoms with Crippen molar-refractivity contribution in [3.8, 4) is 11.5 Å². The minimum atomic E-state index is 0.0143. The Labute approximate surface area is 215 Å². The summed E-state index contributed by atoms with van der Waals surface area (Å²) in [6.07, 6.45) is 7.89. The highest BCUT2D eigenvalue weighted by Crippen LogP contribution is 2.35. The first kappa shape index (κ1) is 23.2. The molecule has 37 heavy (non-hydrogen) atoms. The largest absolute Gasteiger partial charge is 0.497 e. The molecular formula is C30H30N4O3. The third-order valence-electron chi connectivity index (χ3n) is 7.36. The predicted octanol–water partition coefficient (Wildman–Crippen LogP) is 5.73. The molecule has 1 saturated heterocycles. The molecule has 1 N–H and O–H groups in total. The average molecular weight is 495 g/mol. The third-order valence-corrected chi connectivity index (χ3v) is 7.36. The molecule has 1 amide bonds. The van der Waals surface area contributed by atoms with Gasteiger partial charge in [-0.3, -0.25) is 4.79 Å². The van der Waals surface area contributed by atoms with Crippen molar-refractivity contribution in [2.24, 2.45) is 0 Å². The summed E-state index contributed by atoms with van der Waals surface area (Å²) in [5.41, 5.74) is 5.86. The van der Waals surface area contributed by atoms with Crippen molar-refractivity contribution in [3.05, 3.63) is 95.6 Å². The zero-order chi connectivity index (χ0) is 25.4. The van der Waals surface area contributed by atoms with Crippen molar-refractivity contribution in [1.82, 2.24) is 19.3 Å². The van der Waals surface area contributed by atoms with Crippen LogP contribution in [0.25, 0.3) is 16.6 Å². The Bertz CT molecular complexity index is 1580. The van der Waals surface area contributed by atoms with Crippen LogP contribution >= 0.6 is 0 Å². The van der Waals surface area contributed by atoms with Gasteiger partial charge in [-0.25, -0.2) is 4.98 Å². The summed E-state index contributed by atoms with van der Waals surface area (Å²) in [5, 5.41) is 1.20. The van der Waals surface area contributed by atoms with Crippen LogP contribution in [0.4, 0.5) is 0 Å². The van der Waals surface area contributed by atoms with Gasteiger partial charge in [0.2, 0.25) is 0 Å². The number of H-pyrrole nitrogens is 1. The monoisotopic (exact) mass is 494 g/mol. The maximum absolute atomic E-state index is 13.5. The maximum atomic E-state index is 13.5. The lowest BCUT2D eigenvalue weighted by atomic mass is 9.89. The summed E-state index contributed by atoms with van der Waals surface area (Å²) in [6, 6.07) is 17.7. The van der Waals surface area contributed by atoms with E-state index < -0.39 is 0 Å². The number of para-hydroxylation sites is 1. The quantitative estimate of drug-likeness (QED) is 0.327. The Hall–Kier alpha value is -4.26. The van der Waals surface area contributed by atoms with Crippen LogP contribution in [0.1, 0.15) is 45.9 Å². The van der Waals surface area contributed by atoms with Gasteiger partial charge in [0.05, 0.1) is 18.4 Å². The molecule has 0 unspecified atom stereocenters.